The topological polar surface area (TPSA) is 30.2 Å². The van der Waals surface area contributed by atoms with Crippen LogP contribution in [0.2, 0.25) is 0 Å². The largest absolute Gasteiger partial charge is 0.453 e. The Balaban J connectivity index is 2.01. The molecule has 3 rings (SSSR count). The smallest absolute Gasteiger partial charge is 0.238 e. The number of carbonyl (C=O) groups is 1. The molecule has 0 saturated carbocycles. The van der Waals surface area contributed by atoms with Gasteiger partial charge in [0.15, 0.2) is 5.76 Å². The van der Waals surface area contributed by atoms with E-state index in [2.05, 4.69) is 22.9 Å². The number of halogens is 1. The van der Waals surface area contributed by atoms with Crippen LogP contribution in [0.3, 0.4) is 0 Å². The summed E-state index contributed by atoms with van der Waals surface area (Å²) in [6.45, 7) is 2.08. The molecule has 0 bridgehead atoms. The lowest BCUT2D eigenvalue weighted by atomic mass is 10.2. The van der Waals surface area contributed by atoms with Crippen LogP contribution >= 0.6 is 27.3 Å². The van der Waals surface area contributed by atoms with Gasteiger partial charge in [0.05, 0.1) is 4.88 Å². The Morgan fingerprint density at radius 2 is 2.11 bits per heavy atom. The second kappa shape index (κ2) is 4.94. The number of benzene rings is 1. The van der Waals surface area contributed by atoms with Crippen LogP contribution in [0.5, 0.6) is 0 Å². The second-order valence-corrected chi connectivity index (χ2v) is 6.33. The first-order chi connectivity index (χ1) is 9.17. The summed E-state index contributed by atoms with van der Waals surface area (Å²) < 4.78 is 6.59. The maximum Gasteiger partial charge on any atom is 0.238 e. The highest BCUT2D eigenvalue weighted by atomic mass is 79.9. The quantitative estimate of drug-likeness (QED) is 0.627. The van der Waals surface area contributed by atoms with Crippen molar-refractivity contribution in [2.24, 2.45) is 0 Å². The Kier molecular flexibility index (Phi) is 3.29. The van der Waals surface area contributed by atoms with Crippen LogP contribution in [0.4, 0.5) is 0 Å². The van der Waals surface area contributed by atoms with Gasteiger partial charge in [-0.2, -0.15) is 0 Å². The maximum absolute atomic E-state index is 12.3. The van der Waals surface area contributed by atoms with Crippen LogP contribution in [0.15, 0.2) is 45.3 Å². The fourth-order valence-corrected chi connectivity index (χ4v) is 3.21. The third-order valence-electron chi connectivity index (χ3n) is 2.94. The van der Waals surface area contributed by atoms with Crippen LogP contribution in [0, 0.1) is 0 Å². The number of hydrogen-bond acceptors (Lipinski definition) is 3. The summed E-state index contributed by atoms with van der Waals surface area (Å²) in [6, 6.07) is 11.4. The highest BCUT2D eigenvalue weighted by Gasteiger charge is 2.16. The van der Waals surface area contributed by atoms with Gasteiger partial charge in [-0.25, -0.2) is 0 Å². The van der Waals surface area contributed by atoms with Crippen LogP contribution in [-0.2, 0) is 6.42 Å². The molecule has 0 aliphatic carbocycles. The van der Waals surface area contributed by atoms with E-state index in [-0.39, 0.29) is 5.78 Å². The Morgan fingerprint density at radius 3 is 2.84 bits per heavy atom. The molecule has 19 heavy (non-hydrogen) atoms. The molecule has 4 heteroatoms. The summed E-state index contributed by atoms with van der Waals surface area (Å²) in [5.41, 5.74) is 0.735. The summed E-state index contributed by atoms with van der Waals surface area (Å²) in [7, 11) is 0. The molecule has 0 amide bonds. The molecule has 0 spiro atoms. The van der Waals surface area contributed by atoms with E-state index in [1.54, 1.807) is 6.07 Å². The zero-order valence-corrected chi connectivity index (χ0v) is 12.7. The summed E-state index contributed by atoms with van der Waals surface area (Å²) >= 11 is 4.94. The van der Waals surface area contributed by atoms with Crippen LogP contribution in [0.25, 0.3) is 11.0 Å². The van der Waals surface area contributed by atoms with Gasteiger partial charge in [0.1, 0.15) is 5.58 Å². The van der Waals surface area contributed by atoms with Gasteiger partial charge >= 0.3 is 0 Å². The predicted octanol–water partition coefficient (Wildman–Crippen LogP) is 5.05. The fourth-order valence-electron chi connectivity index (χ4n) is 1.94. The first-order valence-electron chi connectivity index (χ1n) is 6.00. The van der Waals surface area contributed by atoms with E-state index >= 15 is 0 Å². The van der Waals surface area contributed by atoms with Gasteiger partial charge in [-0.15, -0.1) is 11.3 Å². The number of rotatable bonds is 3. The van der Waals surface area contributed by atoms with E-state index in [1.165, 1.54) is 16.2 Å². The SMILES string of the molecule is CCc1ccc(C(=O)c2cc3cc(Br)ccc3o2)s1. The molecule has 1 aromatic carbocycles. The summed E-state index contributed by atoms with van der Waals surface area (Å²) in [4.78, 5) is 14.3. The van der Waals surface area contributed by atoms with E-state index < -0.39 is 0 Å². The molecular weight excluding hydrogens is 324 g/mol. The number of aryl methyl sites for hydroxylation is 1. The molecule has 0 aliphatic heterocycles. The Bertz CT molecular complexity index is 754. The zero-order chi connectivity index (χ0) is 13.4. The summed E-state index contributed by atoms with van der Waals surface area (Å²) in [5.74, 6) is 0.356. The van der Waals surface area contributed by atoms with Gasteiger partial charge in [-0.05, 0) is 42.8 Å². The number of hydrogen-bond donors (Lipinski definition) is 0. The molecule has 0 N–H and O–H groups in total. The van der Waals surface area contributed by atoms with Crippen LogP contribution in [-0.4, -0.2) is 5.78 Å². The van der Waals surface area contributed by atoms with Gasteiger partial charge < -0.3 is 4.42 Å². The molecule has 0 unspecified atom stereocenters. The molecule has 0 saturated heterocycles. The van der Waals surface area contributed by atoms with Crippen molar-refractivity contribution in [3.05, 3.63) is 56.4 Å². The molecule has 0 aliphatic rings. The minimum Gasteiger partial charge on any atom is -0.453 e. The van der Waals surface area contributed by atoms with Crippen molar-refractivity contribution in [1.29, 1.82) is 0 Å². The average Bonchev–Trinajstić information content (AvgIpc) is 3.03. The first kappa shape index (κ1) is 12.6. The first-order valence-corrected chi connectivity index (χ1v) is 7.61. The van der Waals surface area contributed by atoms with Crippen molar-refractivity contribution in [2.45, 2.75) is 13.3 Å². The molecule has 2 nitrogen and oxygen atoms in total. The summed E-state index contributed by atoms with van der Waals surface area (Å²) in [6.07, 6.45) is 0.949. The molecule has 3 aromatic rings. The van der Waals surface area contributed by atoms with E-state index in [9.17, 15) is 4.79 Å². The van der Waals surface area contributed by atoms with Gasteiger partial charge in [-0.1, -0.05) is 22.9 Å². The zero-order valence-electron chi connectivity index (χ0n) is 10.3. The van der Waals surface area contributed by atoms with E-state index in [4.69, 9.17) is 4.42 Å². The second-order valence-electron chi connectivity index (χ2n) is 4.24. The van der Waals surface area contributed by atoms with Gasteiger partial charge in [0.25, 0.3) is 0 Å². The van der Waals surface area contributed by atoms with Crippen molar-refractivity contribution in [3.63, 3.8) is 0 Å². The number of carbonyl (C=O) groups excluding carboxylic acids is 1. The maximum atomic E-state index is 12.3. The minimum atomic E-state index is -0.0444. The predicted molar refractivity (Wildman–Crippen MR) is 81.0 cm³/mol. The highest BCUT2D eigenvalue weighted by Crippen LogP contribution is 2.26. The highest BCUT2D eigenvalue weighted by molar-refractivity contribution is 9.10. The lowest BCUT2D eigenvalue weighted by Gasteiger charge is -1.91. The lowest BCUT2D eigenvalue weighted by molar-refractivity contribution is 0.101. The van der Waals surface area contributed by atoms with Crippen molar-refractivity contribution in [3.8, 4) is 0 Å². The van der Waals surface area contributed by atoms with Crippen LogP contribution in [0.1, 0.15) is 27.2 Å². The lowest BCUT2D eigenvalue weighted by Crippen LogP contribution is -1.95. The number of ketones is 1. The standard InChI is InChI=1S/C15H11BrO2S/c1-2-11-4-6-14(19-11)15(17)13-8-9-7-10(16)3-5-12(9)18-13/h3-8H,2H2,1H3. The van der Waals surface area contributed by atoms with E-state index in [0.717, 1.165) is 26.7 Å². The Morgan fingerprint density at radius 1 is 1.26 bits per heavy atom. The third-order valence-corrected chi connectivity index (χ3v) is 4.66. The number of thiophene rings is 1. The monoisotopic (exact) mass is 334 g/mol. The van der Waals surface area contributed by atoms with Crippen molar-refractivity contribution in [1.82, 2.24) is 0 Å². The Labute approximate surface area is 123 Å². The van der Waals surface area contributed by atoms with Crippen molar-refractivity contribution >= 4 is 44.0 Å². The average molecular weight is 335 g/mol. The Hall–Kier alpha value is -1.39. The van der Waals surface area contributed by atoms with Crippen molar-refractivity contribution < 1.29 is 9.21 Å². The minimum absolute atomic E-state index is 0.0444. The number of fused-ring (bicyclic) bond motifs is 1. The van der Waals surface area contributed by atoms with Crippen LogP contribution < -0.4 is 0 Å². The van der Waals surface area contributed by atoms with Gasteiger partial charge in [-0.3, -0.25) is 4.79 Å². The molecule has 0 fully saturated rings. The molecular formula is C15H11BrO2S. The molecule has 96 valence electrons. The van der Waals surface area contributed by atoms with E-state index in [1.807, 2.05) is 30.3 Å². The van der Waals surface area contributed by atoms with Crippen molar-refractivity contribution in [2.75, 3.05) is 0 Å². The van der Waals surface area contributed by atoms with E-state index in [0.29, 0.717) is 5.76 Å². The van der Waals surface area contributed by atoms with Gasteiger partial charge in [0.2, 0.25) is 5.78 Å². The molecule has 2 aromatic heterocycles. The molecule has 2 heterocycles. The molecule has 0 radical (unpaired) electrons. The fraction of sp³-hybridized carbons (Fsp3) is 0.133. The number of furan rings is 1. The summed E-state index contributed by atoms with van der Waals surface area (Å²) in [5, 5.41) is 0.935. The third kappa shape index (κ3) is 2.38. The molecule has 0 atom stereocenters. The normalized spacial score (nSPS) is 11.1. The van der Waals surface area contributed by atoms with Gasteiger partial charge in [0, 0.05) is 14.7 Å².